The highest BCUT2D eigenvalue weighted by Crippen LogP contribution is 2.12. The molecule has 5 nitrogen and oxygen atoms in total. The summed E-state index contributed by atoms with van der Waals surface area (Å²) in [5, 5.41) is 11.8. The molecule has 0 aliphatic heterocycles. The van der Waals surface area contributed by atoms with Crippen molar-refractivity contribution in [3.63, 3.8) is 0 Å². The lowest BCUT2D eigenvalue weighted by molar-refractivity contribution is -0.142. The smallest absolute Gasteiger partial charge is 0.326 e. The van der Waals surface area contributed by atoms with Crippen molar-refractivity contribution < 1.29 is 19.4 Å². The van der Waals surface area contributed by atoms with Crippen LogP contribution in [0.4, 0.5) is 0 Å². The molecule has 2 N–H and O–H groups in total. The number of nitrogens with one attached hydrogen (secondary N) is 1. The van der Waals surface area contributed by atoms with Crippen molar-refractivity contribution in [1.82, 2.24) is 5.32 Å². The first-order valence-electron chi connectivity index (χ1n) is 7.86. The molecule has 1 unspecified atom stereocenters. The Hall–Kier alpha value is -2.82. The zero-order valence-electron chi connectivity index (χ0n) is 13.6. The number of carboxylic acids is 1. The number of carboxylic acid groups (broad SMARTS) is 1. The molecule has 0 aromatic heterocycles. The van der Waals surface area contributed by atoms with E-state index in [0.717, 1.165) is 12.0 Å². The van der Waals surface area contributed by atoms with Gasteiger partial charge in [-0.2, -0.15) is 0 Å². The fraction of sp³-hybridized carbons (Fsp3) is 0.263. The van der Waals surface area contributed by atoms with Crippen molar-refractivity contribution in [2.75, 3.05) is 6.61 Å². The maximum absolute atomic E-state index is 11.9. The van der Waals surface area contributed by atoms with Crippen molar-refractivity contribution in [1.29, 1.82) is 0 Å². The average Bonchev–Trinajstić information content (AvgIpc) is 2.60. The zero-order valence-corrected chi connectivity index (χ0v) is 13.6. The van der Waals surface area contributed by atoms with Gasteiger partial charge < -0.3 is 15.2 Å². The molecular formula is C19H21NO4. The van der Waals surface area contributed by atoms with Gasteiger partial charge in [0, 0.05) is 6.42 Å². The predicted octanol–water partition coefficient (Wildman–Crippen LogP) is 2.44. The van der Waals surface area contributed by atoms with Crippen LogP contribution in [0.3, 0.4) is 0 Å². The van der Waals surface area contributed by atoms with Crippen LogP contribution in [0, 0.1) is 0 Å². The van der Waals surface area contributed by atoms with Crippen LogP contribution in [-0.4, -0.2) is 29.6 Å². The van der Waals surface area contributed by atoms with Gasteiger partial charge in [0.05, 0.1) is 0 Å². The van der Waals surface area contributed by atoms with Gasteiger partial charge in [0.2, 0.25) is 0 Å². The van der Waals surface area contributed by atoms with E-state index in [2.05, 4.69) is 12.2 Å². The molecule has 5 heteroatoms. The molecule has 2 aromatic carbocycles. The normalized spacial score (nSPS) is 11.5. The third-order valence-corrected chi connectivity index (χ3v) is 3.62. The minimum absolute atomic E-state index is 0.218. The standard InChI is InChI=1S/C19H21NO4/c1-2-14-8-10-16(11-9-14)24-13-18(21)20-17(19(22)23)12-15-6-4-3-5-7-15/h3-11,17H,2,12-13H2,1H3,(H,20,21)(H,22,23). The molecule has 0 spiro atoms. The Morgan fingerprint density at radius 2 is 1.71 bits per heavy atom. The fourth-order valence-corrected chi connectivity index (χ4v) is 2.26. The Bertz CT molecular complexity index is 668. The molecule has 0 fully saturated rings. The number of carbonyl (C=O) groups excluding carboxylic acids is 1. The van der Waals surface area contributed by atoms with Gasteiger partial charge in [0.25, 0.3) is 5.91 Å². The van der Waals surface area contributed by atoms with E-state index in [1.165, 1.54) is 5.56 Å². The summed E-state index contributed by atoms with van der Waals surface area (Å²) in [6.45, 7) is 1.84. The van der Waals surface area contributed by atoms with Crippen LogP contribution in [0.2, 0.25) is 0 Å². The van der Waals surface area contributed by atoms with E-state index in [1.54, 1.807) is 12.1 Å². The lowest BCUT2D eigenvalue weighted by Gasteiger charge is -2.15. The van der Waals surface area contributed by atoms with Gasteiger partial charge in [0.1, 0.15) is 11.8 Å². The highest BCUT2D eigenvalue weighted by molar-refractivity contribution is 5.84. The van der Waals surface area contributed by atoms with E-state index >= 15 is 0 Å². The molecule has 0 aliphatic carbocycles. The van der Waals surface area contributed by atoms with Crippen molar-refractivity contribution in [3.05, 3.63) is 65.7 Å². The van der Waals surface area contributed by atoms with Crippen LogP contribution in [0.1, 0.15) is 18.1 Å². The van der Waals surface area contributed by atoms with Gasteiger partial charge in [-0.3, -0.25) is 4.79 Å². The Labute approximate surface area is 141 Å². The summed E-state index contributed by atoms with van der Waals surface area (Å²) >= 11 is 0. The lowest BCUT2D eigenvalue weighted by atomic mass is 10.1. The molecule has 0 aliphatic rings. The van der Waals surface area contributed by atoms with E-state index in [0.29, 0.717) is 5.75 Å². The Morgan fingerprint density at radius 3 is 2.29 bits per heavy atom. The first-order valence-corrected chi connectivity index (χ1v) is 7.86. The number of carbonyl (C=O) groups is 2. The van der Waals surface area contributed by atoms with Crippen molar-refractivity contribution in [2.24, 2.45) is 0 Å². The van der Waals surface area contributed by atoms with Gasteiger partial charge in [-0.15, -0.1) is 0 Å². The molecule has 0 bridgehead atoms. The van der Waals surface area contributed by atoms with E-state index in [-0.39, 0.29) is 13.0 Å². The molecule has 0 saturated heterocycles. The highest BCUT2D eigenvalue weighted by atomic mass is 16.5. The highest BCUT2D eigenvalue weighted by Gasteiger charge is 2.20. The number of rotatable bonds is 8. The van der Waals surface area contributed by atoms with Crippen LogP contribution in [-0.2, 0) is 22.4 Å². The van der Waals surface area contributed by atoms with Gasteiger partial charge in [-0.25, -0.2) is 4.79 Å². The molecule has 2 aromatic rings. The lowest BCUT2D eigenvalue weighted by Crippen LogP contribution is -2.44. The number of benzene rings is 2. The van der Waals surface area contributed by atoms with Gasteiger partial charge in [-0.05, 0) is 29.7 Å². The summed E-state index contributed by atoms with van der Waals surface area (Å²) in [6.07, 6.45) is 1.16. The summed E-state index contributed by atoms with van der Waals surface area (Å²) in [7, 11) is 0. The Kier molecular flexibility index (Phi) is 6.37. The molecule has 126 valence electrons. The second-order valence-corrected chi connectivity index (χ2v) is 5.43. The summed E-state index contributed by atoms with van der Waals surface area (Å²) in [6, 6.07) is 15.7. The first-order chi connectivity index (χ1) is 11.6. The van der Waals surface area contributed by atoms with Gasteiger partial charge in [0.15, 0.2) is 6.61 Å². The molecule has 2 rings (SSSR count). The van der Waals surface area contributed by atoms with Crippen LogP contribution < -0.4 is 10.1 Å². The van der Waals surface area contributed by atoms with Crippen molar-refractivity contribution >= 4 is 11.9 Å². The second kappa shape index (κ2) is 8.72. The van der Waals surface area contributed by atoms with E-state index in [9.17, 15) is 14.7 Å². The molecule has 0 radical (unpaired) electrons. The minimum atomic E-state index is -1.07. The minimum Gasteiger partial charge on any atom is -0.484 e. The molecule has 24 heavy (non-hydrogen) atoms. The van der Waals surface area contributed by atoms with E-state index in [1.807, 2.05) is 42.5 Å². The predicted molar refractivity (Wildman–Crippen MR) is 91.0 cm³/mol. The molecule has 1 amide bonds. The second-order valence-electron chi connectivity index (χ2n) is 5.43. The van der Waals surface area contributed by atoms with Gasteiger partial charge in [-0.1, -0.05) is 49.4 Å². The average molecular weight is 327 g/mol. The number of hydrogen-bond donors (Lipinski definition) is 2. The molecule has 0 heterocycles. The first kappa shape index (κ1) is 17.5. The van der Waals surface area contributed by atoms with Crippen LogP contribution in [0.25, 0.3) is 0 Å². The Morgan fingerprint density at radius 1 is 1.04 bits per heavy atom. The number of aryl methyl sites for hydroxylation is 1. The number of aliphatic carboxylic acids is 1. The van der Waals surface area contributed by atoms with E-state index in [4.69, 9.17) is 4.74 Å². The van der Waals surface area contributed by atoms with Gasteiger partial charge >= 0.3 is 5.97 Å². The largest absolute Gasteiger partial charge is 0.484 e. The summed E-state index contributed by atoms with van der Waals surface area (Å²) in [4.78, 5) is 23.3. The maximum atomic E-state index is 11.9. The third kappa shape index (κ3) is 5.43. The zero-order chi connectivity index (χ0) is 17.4. The number of amides is 1. The van der Waals surface area contributed by atoms with Crippen molar-refractivity contribution in [2.45, 2.75) is 25.8 Å². The topological polar surface area (TPSA) is 75.6 Å². The van der Waals surface area contributed by atoms with Crippen molar-refractivity contribution in [3.8, 4) is 5.75 Å². The number of hydrogen-bond acceptors (Lipinski definition) is 3. The summed E-state index contributed by atoms with van der Waals surface area (Å²) in [5.74, 6) is -0.949. The summed E-state index contributed by atoms with van der Waals surface area (Å²) in [5.41, 5.74) is 2.03. The monoisotopic (exact) mass is 327 g/mol. The molecule has 0 saturated carbocycles. The van der Waals surface area contributed by atoms with Crippen LogP contribution in [0.15, 0.2) is 54.6 Å². The molecular weight excluding hydrogens is 306 g/mol. The van der Waals surface area contributed by atoms with Crippen LogP contribution >= 0.6 is 0 Å². The third-order valence-electron chi connectivity index (χ3n) is 3.62. The quantitative estimate of drug-likeness (QED) is 0.781. The maximum Gasteiger partial charge on any atom is 0.326 e. The fourth-order valence-electron chi connectivity index (χ4n) is 2.26. The SMILES string of the molecule is CCc1ccc(OCC(=O)NC(Cc2ccccc2)C(=O)O)cc1. The van der Waals surface area contributed by atoms with E-state index < -0.39 is 17.9 Å². The van der Waals surface area contributed by atoms with Crippen LogP contribution in [0.5, 0.6) is 5.75 Å². The summed E-state index contributed by atoms with van der Waals surface area (Å²) < 4.78 is 5.39. The number of ether oxygens (including phenoxy) is 1. The molecule has 1 atom stereocenters. The Balaban J connectivity index is 1.87.